The van der Waals surface area contributed by atoms with Gasteiger partial charge in [0, 0.05) is 34.0 Å². The lowest BCUT2D eigenvalue weighted by Crippen LogP contribution is -2.27. The second kappa shape index (κ2) is 7.06. The number of benzene rings is 2. The molecule has 3 heterocycles. The summed E-state index contributed by atoms with van der Waals surface area (Å²) in [4.78, 5) is 14.6. The van der Waals surface area contributed by atoms with Crippen LogP contribution in [0.5, 0.6) is 0 Å². The molecule has 5 heteroatoms. The molecule has 1 saturated heterocycles. The fourth-order valence-corrected chi connectivity index (χ4v) is 5.22. The molecule has 1 unspecified atom stereocenters. The smallest absolute Gasteiger partial charge is 0.238 e. The summed E-state index contributed by atoms with van der Waals surface area (Å²) >= 11 is 1.61. The fourth-order valence-electron chi connectivity index (χ4n) is 4.09. The summed E-state index contributed by atoms with van der Waals surface area (Å²) in [5.41, 5.74) is 3.42. The molecule has 4 aromatic rings. The van der Waals surface area contributed by atoms with E-state index >= 15 is 0 Å². The lowest BCUT2D eigenvalue weighted by atomic mass is 10.1. The number of furan rings is 1. The number of hydrogen-bond acceptors (Lipinski definition) is 3. The molecule has 4 nitrogen and oxygen atoms in total. The van der Waals surface area contributed by atoms with E-state index in [2.05, 4.69) is 54.0 Å². The Morgan fingerprint density at radius 3 is 2.75 bits per heavy atom. The Morgan fingerprint density at radius 2 is 1.93 bits per heavy atom. The van der Waals surface area contributed by atoms with Gasteiger partial charge in [0.2, 0.25) is 5.91 Å². The molecule has 1 amide bonds. The molecular formula is C23H22N2O2S. The van der Waals surface area contributed by atoms with Gasteiger partial charge in [0.25, 0.3) is 0 Å². The van der Waals surface area contributed by atoms with Crippen molar-refractivity contribution in [2.75, 3.05) is 10.7 Å². The molecular weight excluding hydrogens is 368 g/mol. The predicted octanol–water partition coefficient (Wildman–Crippen LogP) is 5.97. The van der Waals surface area contributed by atoms with Crippen molar-refractivity contribution in [3.63, 3.8) is 0 Å². The Hall–Kier alpha value is -2.66. The number of carbonyl (C=O) groups is 1. The van der Waals surface area contributed by atoms with Crippen LogP contribution in [0.1, 0.15) is 30.9 Å². The van der Waals surface area contributed by atoms with Crippen molar-refractivity contribution in [2.45, 2.75) is 31.7 Å². The largest absolute Gasteiger partial charge is 0.466 e. The molecule has 0 N–H and O–H groups in total. The normalized spacial score (nSPS) is 17.2. The van der Waals surface area contributed by atoms with E-state index < -0.39 is 0 Å². The van der Waals surface area contributed by atoms with Gasteiger partial charge in [-0.3, -0.25) is 9.69 Å². The van der Waals surface area contributed by atoms with Gasteiger partial charge >= 0.3 is 0 Å². The van der Waals surface area contributed by atoms with Gasteiger partial charge in [-0.15, -0.1) is 11.8 Å². The highest BCUT2D eigenvalue weighted by Gasteiger charge is 2.36. The van der Waals surface area contributed by atoms with Crippen LogP contribution in [0.4, 0.5) is 5.69 Å². The maximum atomic E-state index is 12.7. The number of amides is 1. The average molecular weight is 391 g/mol. The molecule has 142 valence electrons. The van der Waals surface area contributed by atoms with Gasteiger partial charge in [-0.05, 0) is 42.8 Å². The molecule has 28 heavy (non-hydrogen) atoms. The number of carbonyl (C=O) groups excluding carboxylic acids is 1. The number of aromatic nitrogens is 1. The molecule has 0 radical (unpaired) electrons. The number of thioether (sulfide) groups is 1. The van der Waals surface area contributed by atoms with E-state index in [1.807, 2.05) is 17.0 Å². The number of nitrogens with zero attached hydrogens (tertiary/aromatic N) is 2. The SMILES string of the molecule is CCCCn1c2ccccc2c2cc(N3C(=O)CSC3c3ccco3)ccc21. The molecule has 1 aliphatic heterocycles. The Bertz CT molecular complexity index is 1150. The van der Waals surface area contributed by atoms with Crippen molar-refractivity contribution in [3.05, 3.63) is 66.6 Å². The van der Waals surface area contributed by atoms with E-state index in [0.717, 1.165) is 30.8 Å². The third-order valence-corrected chi connectivity index (χ3v) is 6.60. The Kier molecular flexibility index (Phi) is 4.40. The van der Waals surface area contributed by atoms with Crippen LogP contribution >= 0.6 is 11.8 Å². The van der Waals surface area contributed by atoms with E-state index in [4.69, 9.17) is 4.42 Å². The first-order chi connectivity index (χ1) is 13.8. The predicted molar refractivity (Wildman–Crippen MR) is 116 cm³/mol. The summed E-state index contributed by atoms with van der Waals surface area (Å²) < 4.78 is 8.01. The minimum Gasteiger partial charge on any atom is -0.466 e. The summed E-state index contributed by atoms with van der Waals surface area (Å²) in [7, 11) is 0. The number of rotatable bonds is 5. The minimum atomic E-state index is -0.103. The van der Waals surface area contributed by atoms with E-state index in [1.165, 1.54) is 21.8 Å². The first-order valence-electron chi connectivity index (χ1n) is 9.76. The minimum absolute atomic E-state index is 0.103. The van der Waals surface area contributed by atoms with Crippen LogP contribution < -0.4 is 4.90 Å². The highest BCUT2D eigenvalue weighted by Crippen LogP contribution is 2.43. The van der Waals surface area contributed by atoms with Crippen molar-refractivity contribution in [1.29, 1.82) is 0 Å². The zero-order chi connectivity index (χ0) is 19.1. The van der Waals surface area contributed by atoms with Crippen LogP contribution in [-0.4, -0.2) is 16.2 Å². The van der Waals surface area contributed by atoms with E-state index in [1.54, 1.807) is 18.0 Å². The van der Waals surface area contributed by atoms with Crippen LogP contribution in [0.2, 0.25) is 0 Å². The Morgan fingerprint density at radius 1 is 1.07 bits per heavy atom. The number of unbranched alkanes of at least 4 members (excludes halogenated alkanes) is 1. The lowest BCUT2D eigenvalue weighted by Gasteiger charge is -2.22. The first kappa shape index (κ1) is 17.4. The maximum Gasteiger partial charge on any atom is 0.238 e. The molecule has 1 aliphatic rings. The van der Waals surface area contributed by atoms with Crippen molar-refractivity contribution in [2.24, 2.45) is 0 Å². The molecule has 2 aromatic carbocycles. The number of anilines is 1. The highest BCUT2D eigenvalue weighted by molar-refractivity contribution is 8.00. The summed E-state index contributed by atoms with van der Waals surface area (Å²) in [6, 6.07) is 18.8. The van der Waals surface area contributed by atoms with Crippen LogP contribution in [0.25, 0.3) is 21.8 Å². The zero-order valence-corrected chi connectivity index (χ0v) is 16.6. The number of hydrogen-bond donors (Lipinski definition) is 0. The van der Waals surface area contributed by atoms with Gasteiger partial charge in [-0.25, -0.2) is 0 Å². The lowest BCUT2D eigenvalue weighted by molar-refractivity contribution is -0.115. The average Bonchev–Trinajstić information content (AvgIpc) is 3.44. The molecule has 0 saturated carbocycles. The molecule has 2 aromatic heterocycles. The Balaban J connectivity index is 1.65. The fraction of sp³-hybridized carbons (Fsp3) is 0.261. The molecule has 1 atom stereocenters. The van der Waals surface area contributed by atoms with Gasteiger partial charge in [0.1, 0.15) is 11.1 Å². The van der Waals surface area contributed by atoms with Crippen molar-refractivity contribution in [3.8, 4) is 0 Å². The second-order valence-corrected chi connectivity index (χ2v) is 8.23. The summed E-state index contributed by atoms with van der Waals surface area (Å²) in [6.45, 7) is 3.23. The van der Waals surface area contributed by atoms with Crippen molar-refractivity contribution >= 4 is 45.2 Å². The number of aryl methyl sites for hydroxylation is 1. The first-order valence-corrected chi connectivity index (χ1v) is 10.8. The number of para-hydroxylation sites is 1. The van der Waals surface area contributed by atoms with E-state index in [0.29, 0.717) is 5.75 Å². The van der Waals surface area contributed by atoms with E-state index in [-0.39, 0.29) is 11.3 Å². The number of fused-ring (bicyclic) bond motifs is 3. The third kappa shape index (κ3) is 2.73. The highest BCUT2D eigenvalue weighted by atomic mass is 32.2. The summed E-state index contributed by atoms with van der Waals surface area (Å²) in [5, 5.41) is 2.34. The van der Waals surface area contributed by atoms with Gasteiger partial charge in [0.15, 0.2) is 0 Å². The van der Waals surface area contributed by atoms with E-state index in [9.17, 15) is 4.79 Å². The summed E-state index contributed by atoms with van der Waals surface area (Å²) in [6.07, 6.45) is 3.98. The topological polar surface area (TPSA) is 38.4 Å². The quantitative estimate of drug-likeness (QED) is 0.422. The maximum absolute atomic E-state index is 12.7. The van der Waals surface area contributed by atoms with Crippen LogP contribution in [0, 0.1) is 0 Å². The molecule has 0 bridgehead atoms. The molecule has 0 spiro atoms. The molecule has 1 fully saturated rings. The summed E-state index contributed by atoms with van der Waals surface area (Å²) in [5.74, 6) is 1.42. The van der Waals surface area contributed by atoms with Crippen LogP contribution in [0.15, 0.2) is 65.3 Å². The van der Waals surface area contributed by atoms with Crippen molar-refractivity contribution < 1.29 is 9.21 Å². The van der Waals surface area contributed by atoms with Gasteiger partial charge in [-0.1, -0.05) is 31.5 Å². The third-order valence-electron chi connectivity index (χ3n) is 5.42. The van der Waals surface area contributed by atoms with Crippen molar-refractivity contribution in [1.82, 2.24) is 4.57 Å². The monoisotopic (exact) mass is 390 g/mol. The van der Waals surface area contributed by atoms with Crippen LogP contribution in [0.3, 0.4) is 0 Å². The van der Waals surface area contributed by atoms with Gasteiger partial charge in [0.05, 0.1) is 12.0 Å². The standard InChI is InChI=1S/C23H22N2O2S/c1-2-3-12-24-19-8-5-4-7-17(19)18-14-16(10-11-20(18)24)25-22(26)15-28-23(25)21-9-6-13-27-21/h4-11,13-14,23H,2-3,12,15H2,1H3. The molecule has 0 aliphatic carbocycles. The zero-order valence-electron chi connectivity index (χ0n) is 15.8. The van der Waals surface area contributed by atoms with Gasteiger partial charge < -0.3 is 8.98 Å². The van der Waals surface area contributed by atoms with Gasteiger partial charge in [-0.2, -0.15) is 0 Å². The molecule has 5 rings (SSSR count). The Labute approximate surface area is 168 Å². The van der Waals surface area contributed by atoms with Crippen LogP contribution in [-0.2, 0) is 11.3 Å². The second-order valence-electron chi connectivity index (χ2n) is 7.17.